The van der Waals surface area contributed by atoms with E-state index < -0.39 is 5.95 Å². The maximum absolute atomic E-state index is 13.0. The number of pyridine rings is 1. The lowest BCUT2D eigenvalue weighted by atomic mass is 10.1. The van der Waals surface area contributed by atoms with Crippen molar-refractivity contribution in [3.63, 3.8) is 0 Å². The monoisotopic (exact) mass is 188 g/mol. The summed E-state index contributed by atoms with van der Waals surface area (Å²) in [6.45, 7) is 1.79. The first-order chi connectivity index (χ1) is 5.61. The first kappa shape index (κ1) is 9.42. The lowest BCUT2D eigenvalue weighted by Crippen LogP contribution is -2.19. The Morgan fingerprint density at radius 2 is 2.42 bits per heavy atom. The van der Waals surface area contributed by atoms with E-state index in [9.17, 15) is 4.39 Å². The van der Waals surface area contributed by atoms with Gasteiger partial charge >= 0.3 is 0 Å². The summed E-state index contributed by atoms with van der Waals surface area (Å²) in [5.74, 6) is -0.528. The lowest BCUT2D eigenvalue weighted by molar-refractivity contribution is 0.557. The van der Waals surface area contributed by atoms with Gasteiger partial charge in [-0.05, 0) is 19.4 Å². The second-order valence-corrected chi connectivity index (χ2v) is 3.15. The van der Waals surface area contributed by atoms with Crippen LogP contribution in [0.25, 0.3) is 0 Å². The Kier molecular flexibility index (Phi) is 3.00. The highest BCUT2D eigenvalue weighted by molar-refractivity contribution is 6.31. The van der Waals surface area contributed by atoms with Crippen LogP contribution in [0.2, 0.25) is 5.02 Å². The van der Waals surface area contributed by atoms with E-state index in [2.05, 4.69) is 4.98 Å². The average Bonchev–Trinajstić information content (AvgIpc) is 1.97. The third kappa shape index (κ3) is 2.16. The molecule has 1 atom stereocenters. The molecule has 2 N–H and O–H groups in total. The molecule has 66 valence electrons. The molecule has 1 aromatic heterocycles. The summed E-state index contributed by atoms with van der Waals surface area (Å²) in [5, 5.41) is 0.389. The maximum Gasteiger partial charge on any atom is 0.217 e. The molecule has 0 spiro atoms. The van der Waals surface area contributed by atoms with Crippen LogP contribution >= 0.6 is 11.6 Å². The molecule has 12 heavy (non-hydrogen) atoms. The van der Waals surface area contributed by atoms with E-state index in [4.69, 9.17) is 17.3 Å². The summed E-state index contributed by atoms with van der Waals surface area (Å²) < 4.78 is 13.0. The van der Waals surface area contributed by atoms with Gasteiger partial charge in [0.15, 0.2) is 0 Å². The Morgan fingerprint density at radius 3 is 2.92 bits per heavy atom. The molecule has 2 nitrogen and oxygen atoms in total. The lowest BCUT2D eigenvalue weighted by Gasteiger charge is -2.06. The van der Waals surface area contributed by atoms with E-state index in [0.717, 1.165) is 0 Å². The topological polar surface area (TPSA) is 38.9 Å². The maximum atomic E-state index is 13.0. The quantitative estimate of drug-likeness (QED) is 0.719. The molecule has 0 bridgehead atoms. The van der Waals surface area contributed by atoms with Crippen LogP contribution in [0.4, 0.5) is 4.39 Å². The Bertz CT molecular complexity index is 256. The van der Waals surface area contributed by atoms with Crippen molar-refractivity contribution in [3.8, 4) is 0 Å². The first-order valence-corrected chi connectivity index (χ1v) is 4.03. The SMILES string of the molecule is C[C@@H](N)Cc1c(Cl)ccnc1F. The average molecular weight is 189 g/mol. The van der Waals surface area contributed by atoms with Crippen molar-refractivity contribution < 1.29 is 4.39 Å². The molecular formula is C8H10ClFN2. The summed E-state index contributed by atoms with van der Waals surface area (Å²) in [6.07, 6.45) is 1.75. The third-order valence-electron chi connectivity index (χ3n) is 1.47. The van der Waals surface area contributed by atoms with Gasteiger partial charge in [-0.3, -0.25) is 0 Å². The van der Waals surface area contributed by atoms with Crippen LogP contribution in [0, 0.1) is 5.95 Å². The zero-order valence-corrected chi connectivity index (χ0v) is 7.48. The van der Waals surface area contributed by atoms with Crippen LogP contribution in [0.5, 0.6) is 0 Å². The van der Waals surface area contributed by atoms with Crippen LogP contribution in [-0.2, 0) is 6.42 Å². The van der Waals surface area contributed by atoms with Crippen molar-refractivity contribution in [3.05, 3.63) is 28.8 Å². The Morgan fingerprint density at radius 1 is 1.75 bits per heavy atom. The second kappa shape index (κ2) is 3.83. The number of hydrogen-bond donors (Lipinski definition) is 1. The molecule has 0 amide bonds. The zero-order chi connectivity index (χ0) is 9.14. The van der Waals surface area contributed by atoms with Gasteiger partial charge < -0.3 is 5.73 Å². The van der Waals surface area contributed by atoms with Crippen molar-refractivity contribution >= 4 is 11.6 Å². The Balaban J connectivity index is 2.96. The van der Waals surface area contributed by atoms with Crippen molar-refractivity contribution in [2.24, 2.45) is 5.73 Å². The normalized spacial score (nSPS) is 13.0. The molecule has 1 heterocycles. The smallest absolute Gasteiger partial charge is 0.217 e. The van der Waals surface area contributed by atoms with Gasteiger partial charge in [0, 0.05) is 22.8 Å². The van der Waals surface area contributed by atoms with Gasteiger partial charge in [0.25, 0.3) is 0 Å². The minimum atomic E-state index is -0.528. The standard InChI is InChI=1S/C8H10ClFN2/c1-5(11)4-6-7(9)2-3-12-8(6)10/h2-3,5H,4,11H2,1H3/t5-/m1/s1. The van der Waals surface area contributed by atoms with Gasteiger partial charge in [0.2, 0.25) is 5.95 Å². The van der Waals surface area contributed by atoms with Gasteiger partial charge in [0.1, 0.15) is 0 Å². The molecule has 0 aliphatic carbocycles. The molecule has 0 aromatic carbocycles. The number of nitrogens with two attached hydrogens (primary N) is 1. The van der Waals surface area contributed by atoms with E-state index in [-0.39, 0.29) is 6.04 Å². The Hall–Kier alpha value is -0.670. The molecule has 0 radical (unpaired) electrons. The summed E-state index contributed by atoms with van der Waals surface area (Å²) in [5.41, 5.74) is 5.91. The Labute approximate surface area is 75.6 Å². The molecule has 1 rings (SSSR count). The number of hydrogen-bond acceptors (Lipinski definition) is 2. The van der Waals surface area contributed by atoms with Gasteiger partial charge in [-0.1, -0.05) is 11.6 Å². The predicted molar refractivity (Wildman–Crippen MR) is 46.6 cm³/mol. The molecule has 0 fully saturated rings. The summed E-state index contributed by atoms with van der Waals surface area (Å²) in [6, 6.07) is 1.45. The molecule has 0 aliphatic heterocycles. The summed E-state index contributed by atoms with van der Waals surface area (Å²) in [4.78, 5) is 3.49. The summed E-state index contributed by atoms with van der Waals surface area (Å²) >= 11 is 5.74. The van der Waals surface area contributed by atoms with Crippen LogP contribution in [0.3, 0.4) is 0 Å². The fourth-order valence-electron chi connectivity index (χ4n) is 0.949. The summed E-state index contributed by atoms with van der Waals surface area (Å²) in [7, 11) is 0. The largest absolute Gasteiger partial charge is 0.328 e. The number of aromatic nitrogens is 1. The van der Waals surface area contributed by atoms with Crippen LogP contribution in [0.1, 0.15) is 12.5 Å². The van der Waals surface area contributed by atoms with Crippen molar-refractivity contribution in [2.75, 3.05) is 0 Å². The van der Waals surface area contributed by atoms with Crippen molar-refractivity contribution in [2.45, 2.75) is 19.4 Å². The van der Waals surface area contributed by atoms with E-state index in [0.29, 0.717) is 17.0 Å². The molecular weight excluding hydrogens is 179 g/mol. The molecule has 0 saturated heterocycles. The van der Waals surface area contributed by atoms with Crippen LogP contribution < -0.4 is 5.73 Å². The minimum absolute atomic E-state index is 0.110. The molecule has 1 aromatic rings. The van der Waals surface area contributed by atoms with Crippen molar-refractivity contribution in [1.82, 2.24) is 4.98 Å². The minimum Gasteiger partial charge on any atom is -0.328 e. The zero-order valence-electron chi connectivity index (χ0n) is 6.72. The van der Waals surface area contributed by atoms with Gasteiger partial charge in [-0.15, -0.1) is 0 Å². The van der Waals surface area contributed by atoms with Crippen LogP contribution in [-0.4, -0.2) is 11.0 Å². The fourth-order valence-corrected chi connectivity index (χ4v) is 1.16. The number of rotatable bonds is 2. The highest BCUT2D eigenvalue weighted by Gasteiger charge is 2.09. The van der Waals surface area contributed by atoms with Gasteiger partial charge in [-0.25, -0.2) is 4.98 Å². The highest BCUT2D eigenvalue weighted by Crippen LogP contribution is 2.17. The fraction of sp³-hybridized carbons (Fsp3) is 0.375. The van der Waals surface area contributed by atoms with Gasteiger partial charge in [0.05, 0.1) is 0 Å². The van der Waals surface area contributed by atoms with E-state index in [1.807, 2.05) is 0 Å². The second-order valence-electron chi connectivity index (χ2n) is 2.74. The molecule has 4 heteroatoms. The highest BCUT2D eigenvalue weighted by atomic mass is 35.5. The van der Waals surface area contributed by atoms with E-state index >= 15 is 0 Å². The first-order valence-electron chi connectivity index (χ1n) is 3.65. The third-order valence-corrected chi connectivity index (χ3v) is 1.83. The van der Waals surface area contributed by atoms with Crippen LogP contribution in [0.15, 0.2) is 12.3 Å². The molecule has 0 aliphatic rings. The van der Waals surface area contributed by atoms with E-state index in [1.165, 1.54) is 6.20 Å². The van der Waals surface area contributed by atoms with Crippen molar-refractivity contribution in [1.29, 1.82) is 0 Å². The van der Waals surface area contributed by atoms with Gasteiger partial charge in [-0.2, -0.15) is 4.39 Å². The predicted octanol–water partition coefficient (Wildman–Crippen LogP) is 1.76. The number of nitrogens with zero attached hydrogens (tertiary/aromatic N) is 1. The molecule has 0 saturated carbocycles. The molecule has 0 unspecified atom stereocenters. The number of halogens is 2. The van der Waals surface area contributed by atoms with E-state index in [1.54, 1.807) is 13.0 Å².